The van der Waals surface area contributed by atoms with Gasteiger partial charge in [-0.1, -0.05) is 12.1 Å². The number of nitriles is 1. The topological polar surface area (TPSA) is 59.3 Å². The number of aryl methyl sites for hydroxylation is 1. The molecular weight excluding hydrogens is 242 g/mol. The number of Topliss-reactive ketones (excluding diaryl/α,β-unsaturated/α-hetero) is 1. The molecule has 1 saturated heterocycles. The van der Waals surface area contributed by atoms with Crippen molar-refractivity contribution in [3.8, 4) is 11.8 Å². The van der Waals surface area contributed by atoms with Crippen LogP contribution in [0.15, 0.2) is 18.2 Å². The molecule has 0 radical (unpaired) electrons. The van der Waals surface area contributed by atoms with Crippen molar-refractivity contribution >= 4 is 5.78 Å². The van der Waals surface area contributed by atoms with Crippen LogP contribution in [0.5, 0.6) is 5.75 Å². The van der Waals surface area contributed by atoms with Crippen LogP contribution in [0.25, 0.3) is 0 Å². The molecule has 2 rings (SSSR count). The van der Waals surface area contributed by atoms with Crippen LogP contribution in [0.1, 0.15) is 29.9 Å². The lowest BCUT2D eigenvalue weighted by molar-refractivity contribution is -0.128. The normalized spacial score (nSPS) is 19.7. The summed E-state index contributed by atoms with van der Waals surface area (Å²) in [4.78, 5) is 12.3. The van der Waals surface area contributed by atoms with Gasteiger partial charge in [0.15, 0.2) is 5.78 Å². The van der Waals surface area contributed by atoms with E-state index in [4.69, 9.17) is 9.47 Å². The molecule has 1 aliphatic rings. The Balaban J connectivity index is 2.26. The Kier molecular flexibility index (Phi) is 4.18. The molecule has 1 fully saturated rings. The highest BCUT2D eigenvalue weighted by Crippen LogP contribution is 2.27. The van der Waals surface area contributed by atoms with Gasteiger partial charge >= 0.3 is 0 Å². The van der Waals surface area contributed by atoms with Crippen LogP contribution < -0.4 is 4.74 Å². The van der Waals surface area contributed by atoms with E-state index in [-0.39, 0.29) is 5.78 Å². The minimum Gasteiger partial charge on any atom is -0.496 e. The number of hydrogen-bond acceptors (Lipinski definition) is 4. The van der Waals surface area contributed by atoms with Gasteiger partial charge in [-0.3, -0.25) is 4.79 Å². The number of carbonyl (C=O) groups excluding carboxylic acids is 1. The van der Waals surface area contributed by atoms with E-state index in [1.165, 1.54) is 0 Å². The van der Waals surface area contributed by atoms with Crippen LogP contribution in [0.2, 0.25) is 0 Å². The lowest BCUT2D eigenvalue weighted by Crippen LogP contribution is -2.25. The molecule has 1 heterocycles. The van der Waals surface area contributed by atoms with Crippen LogP contribution in [-0.2, 0) is 9.53 Å². The zero-order valence-electron chi connectivity index (χ0n) is 11.2. The number of ether oxygens (including phenoxy) is 2. The standard InChI is InChI=1S/C15H17NO3/c1-10-5-6-11(8-14(10)18-2)12(9-16)15(17)13-4-3-7-19-13/h5-6,8,12-13H,3-4,7H2,1-2H3. The molecule has 4 nitrogen and oxygen atoms in total. The fraction of sp³-hybridized carbons (Fsp3) is 0.467. The summed E-state index contributed by atoms with van der Waals surface area (Å²) in [6.07, 6.45) is 1.16. The van der Waals surface area contributed by atoms with Crippen LogP contribution in [0, 0.1) is 18.3 Å². The third-order valence-electron chi connectivity index (χ3n) is 3.43. The van der Waals surface area contributed by atoms with Gasteiger partial charge in [0.25, 0.3) is 0 Å². The Hall–Kier alpha value is -1.86. The van der Waals surface area contributed by atoms with Crippen LogP contribution in [0.4, 0.5) is 0 Å². The first kappa shape index (κ1) is 13.6. The highest BCUT2D eigenvalue weighted by Gasteiger charge is 2.31. The van der Waals surface area contributed by atoms with Gasteiger partial charge in [0.1, 0.15) is 17.8 Å². The highest BCUT2D eigenvalue weighted by atomic mass is 16.5. The summed E-state index contributed by atoms with van der Waals surface area (Å²) < 4.78 is 10.6. The number of carbonyl (C=O) groups is 1. The molecule has 0 saturated carbocycles. The van der Waals surface area contributed by atoms with E-state index in [0.717, 1.165) is 12.0 Å². The van der Waals surface area contributed by atoms with Crippen molar-refractivity contribution < 1.29 is 14.3 Å². The molecule has 1 aliphatic heterocycles. The molecule has 0 aromatic heterocycles. The number of methoxy groups -OCH3 is 1. The van der Waals surface area contributed by atoms with Gasteiger partial charge in [0.05, 0.1) is 13.2 Å². The van der Waals surface area contributed by atoms with E-state index in [2.05, 4.69) is 6.07 Å². The van der Waals surface area contributed by atoms with Crippen LogP contribution >= 0.6 is 0 Å². The third kappa shape index (κ3) is 2.77. The summed E-state index contributed by atoms with van der Waals surface area (Å²) in [5, 5.41) is 9.28. The van der Waals surface area contributed by atoms with Gasteiger partial charge in [-0.05, 0) is 37.0 Å². The zero-order valence-corrected chi connectivity index (χ0v) is 11.2. The van der Waals surface area contributed by atoms with E-state index in [0.29, 0.717) is 24.3 Å². The van der Waals surface area contributed by atoms with Crippen molar-refractivity contribution in [2.45, 2.75) is 31.8 Å². The van der Waals surface area contributed by atoms with Gasteiger partial charge in [-0.25, -0.2) is 0 Å². The number of ketones is 1. The van der Waals surface area contributed by atoms with E-state index in [1.807, 2.05) is 13.0 Å². The lowest BCUT2D eigenvalue weighted by Gasteiger charge is -2.15. The maximum atomic E-state index is 12.3. The zero-order chi connectivity index (χ0) is 13.8. The Morgan fingerprint density at radius 1 is 1.58 bits per heavy atom. The lowest BCUT2D eigenvalue weighted by atomic mass is 9.91. The molecule has 0 N–H and O–H groups in total. The fourth-order valence-corrected chi connectivity index (χ4v) is 2.31. The molecule has 0 spiro atoms. The molecular formula is C15H17NO3. The quantitative estimate of drug-likeness (QED) is 0.832. The maximum absolute atomic E-state index is 12.3. The van der Waals surface area contributed by atoms with Crippen LogP contribution in [-0.4, -0.2) is 25.6 Å². The van der Waals surface area contributed by atoms with Gasteiger partial charge in [0, 0.05) is 6.61 Å². The van der Waals surface area contributed by atoms with E-state index in [1.54, 1.807) is 19.2 Å². The maximum Gasteiger partial charge on any atom is 0.183 e. The molecule has 0 amide bonds. The number of nitrogens with zero attached hydrogens (tertiary/aromatic N) is 1. The van der Waals surface area contributed by atoms with Crippen molar-refractivity contribution in [1.82, 2.24) is 0 Å². The smallest absolute Gasteiger partial charge is 0.183 e. The van der Waals surface area contributed by atoms with Gasteiger partial charge < -0.3 is 9.47 Å². The second kappa shape index (κ2) is 5.85. The molecule has 0 bridgehead atoms. The highest BCUT2D eigenvalue weighted by molar-refractivity contribution is 5.92. The first-order chi connectivity index (χ1) is 9.17. The Bertz CT molecular complexity index is 513. The molecule has 2 atom stereocenters. The Labute approximate surface area is 112 Å². The average Bonchev–Trinajstić information content (AvgIpc) is 2.95. The molecule has 19 heavy (non-hydrogen) atoms. The first-order valence-electron chi connectivity index (χ1n) is 6.37. The second-order valence-corrected chi connectivity index (χ2v) is 4.70. The number of hydrogen-bond donors (Lipinski definition) is 0. The van der Waals surface area contributed by atoms with E-state index >= 15 is 0 Å². The summed E-state index contributed by atoms with van der Waals surface area (Å²) >= 11 is 0. The van der Waals surface area contributed by atoms with Crippen molar-refractivity contribution in [3.05, 3.63) is 29.3 Å². The SMILES string of the molecule is COc1cc(C(C#N)C(=O)C2CCCO2)ccc1C. The average molecular weight is 259 g/mol. The minimum absolute atomic E-state index is 0.147. The summed E-state index contributed by atoms with van der Waals surface area (Å²) in [7, 11) is 1.58. The Morgan fingerprint density at radius 2 is 2.37 bits per heavy atom. The monoisotopic (exact) mass is 259 g/mol. The minimum atomic E-state index is -0.780. The predicted octanol–water partition coefficient (Wildman–Crippen LogP) is 2.36. The molecule has 100 valence electrons. The second-order valence-electron chi connectivity index (χ2n) is 4.70. The molecule has 0 aliphatic carbocycles. The van der Waals surface area contributed by atoms with Gasteiger partial charge in [0.2, 0.25) is 0 Å². The van der Waals surface area contributed by atoms with Crippen molar-refractivity contribution in [1.29, 1.82) is 5.26 Å². The molecule has 4 heteroatoms. The number of benzene rings is 1. The van der Waals surface area contributed by atoms with Crippen molar-refractivity contribution in [2.75, 3.05) is 13.7 Å². The fourth-order valence-electron chi connectivity index (χ4n) is 2.31. The summed E-state index contributed by atoms with van der Waals surface area (Å²) in [6.45, 7) is 2.53. The predicted molar refractivity (Wildman–Crippen MR) is 70.1 cm³/mol. The van der Waals surface area contributed by atoms with Gasteiger partial charge in [-0.2, -0.15) is 5.26 Å². The molecule has 2 unspecified atom stereocenters. The summed E-state index contributed by atoms with van der Waals surface area (Å²) in [5.74, 6) is -0.235. The summed E-state index contributed by atoms with van der Waals surface area (Å²) in [5.41, 5.74) is 1.65. The van der Waals surface area contributed by atoms with Crippen molar-refractivity contribution in [2.24, 2.45) is 0 Å². The largest absolute Gasteiger partial charge is 0.496 e. The van der Waals surface area contributed by atoms with Crippen LogP contribution in [0.3, 0.4) is 0 Å². The van der Waals surface area contributed by atoms with Gasteiger partial charge in [-0.15, -0.1) is 0 Å². The summed E-state index contributed by atoms with van der Waals surface area (Å²) in [6, 6.07) is 7.51. The third-order valence-corrected chi connectivity index (χ3v) is 3.43. The van der Waals surface area contributed by atoms with E-state index < -0.39 is 12.0 Å². The molecule has 1 aromatic carbocycles. The van der Waals surface area contributed by atoms with E-state index in [9.17, 15) is 10.1 Å². The molecule has 1 aromatic rings. The first-order valence-corrected chi connectivity index (χ1v) is 6.37. The van der Waals surface area contributed by atoms with Crippen molar-refractivity contribution in [3.63, 3.8) is 0 Å². The Morgan fingerprint density at radius 3 is 2.95 bits per heavy atom. The number of rotatable bonds is 4.